The Morgan fingerprint density at radius 2 is 2.09 bits per heavy atom. The summed E-state index contributed by atoms with van der Waals surface area (Å²) in [5.74, 6) is -1.84. The lowest BCUT2D eigenvalue weighted by Gasteiger charge is -1.98. The van der Waals surface area contributed by atoms with Crippen LogP contribution in [0.2, 0.25) is 0 Å². The number of carbonyl (C=O) groups excluding carboxylic acids is 1. The number of carboxylic acids is 1. The van der Waals surface area contributed by atoms with Crippen LogP contribution in [0.15, 0.2) is 0 Å². The van der Waals surface area contributed by atoms with Gasteiger partial charge in [-0.15, -0.1) is 0 Å². The second-order valence-electron chi connectivity index (χ2n) is 1.71. The molecular weight excluding hydrogens is 168 g/mol. The molecule has 0 amide bonds. The van der Waals surface area contributed by atoms with Gasteiger partial charge in [-0.05, 0) is 6.92 Å². The highest BCUT2D eigenvalue weighted by atomic mass is 32.1. The van der Waals surface area contributed by atoms with Gasteiger partial charge in [0.25, 0.3) is 0 Å². The molecule has 0 aliphatic heterocycles. The van der Waals surface area contributed by atoms with Crippen molar-refractivity contribution in [1.29, 1.82) is 0 Å². The Labute approximate surface area is 69.2 Å². The highest BCUT2D eigenvalue weighted by Crippen LogP contribution is 1.91. The van der Waals surface area contributed by atoms with E-state index in [1.807, 2.05) is 0 Å². The van der Waals surface area contributed by atoms with Crippen LogP contribution >= 0.6 is 12.2 Å². The van der Waals surface area contributed by atoms with Crippen LogP contribution in [0.3, 0.4) is 0 Å². The van der Waals surface area contributed by atoms with E-state index >= 15 is 0 Å². The van der Waals surface area contributed by atoms with Gasteiger partial charge >= 0.3 is 11.9 Å². The van der Waals surface area contributed by atoms with Crippen molar-refractivity contribution in [2.24, 2.45) is 0 Å². The fourth-order valence-electron chi connectivity index (χ4n) is 0.419. The van der Waals surface area contributed by atoms with Crippen LogP contribution in [-0.4, -0.2) is 28.5 Å². The summed E-state index contributed by atoms with van der Waals surface area (Å²) < 4.78 is 4.47. The van der Waals surface area contributed by atoms with Crippen LogP contribution in [0.25, 0.3) is 0 Å². The first-order chi connectivity index (χ1) is 5.07. The summed E-state index contributed by atoms with van der Waals surface area (Å²) in [6.07, 6.45) is -0.321. The molecule has 0 radical (unpaired) electrons. The third kappa shape index (κ3) is 4.44. The van der Waals surface area contributed by atoms with E-state index in [0.717, 1.165) is 0 Å². The van der Waals surface area contributed by atoms with Gasteiger partial charge in [-0.25, -0.2) is 4.79 Å². The fourth-order valence-corrected chi connectivity index (χ4v) is 0.537. The van der Waals surface area contributed by atoms with Crippen LogP contribution < -0.4 is 0 Å². The number of hydrogen-bond donors (Lipinski definition) is 1. The summed E-state index contributed by atoms with van der Waals surface area (Å²) >= 11 is 4.37. The number of aliphatic carboxylic acids is 1. The lowest BCUT2D eigenvalue weighted by atomic mass is 10.3. The number of esters is 1. The number of ether oxygens (including phenoxy) is 1. The monoisotopic (exact) mass is 176 g/mol. The molecule has 0 atom stereocenters. The van der Waals surface area contributed by atoms with Crippen molar-refractivity contribution < 1.29 is 19.4 Å². The molecule has 0 heterocycles. The summed E-state index contributed by atoms with van der Waals surface area (Å²) in [4.78, 5) is 20.4. The summed E-state index contributed by atoms with van der Waals surface area (Å²) in [6, 6.07) is 0. The van der Waals surface area contributed by atoms with E-state index in [2.05, 4.69) is 17.0 Å². The summed E-state index contributed by atoms with van der Waals surface area (Å²) in [5.41, 5.74) is 0. The van der Waals surface area contributed by atoms with E-state index in [4.69, 9.17) is 5.11 Å². The van der Waals surface area contributed by atoms with E-state index in [1.165, 1.54) is 0 Å². The summed E-state index contributed by atoms with van der Waals surface area (Å²) in [6.45, 7) is 1.88. The van der Waals surface area contributed by atoms with Crippen LogP contribution in [0.5, 0.6) is 0 Å². The molecular formula is C6H8O4S. The molecule has 0 rings (SSSR count). The molecule has 0 unspecified atom stereocenters. The van der Waals surface area contributed by atoms with Crippen molar-refractivity contribution in [3.8, 4) is 0 Å². The average molecular weight is 176 g/mol. The van der Waals surface area contributed by atoms with E-state index in [9.17, 15) is 9.59 Å². The highest BCUT2D eigenvalue weighted by molar-refractivity contribution is 7.82. The first-order valence-electron chi connectivity index (χ1n) is 2.99. The highest BCUT2D eigenvalue weighted by Gasteiger charge is 2.12. The minimum absolute atomic E-state index is 0.237. The molecule has 5 heteroatoms. The third-order valence-electron chi connectivity index (χ3n) is 0.849. The van der Waals surface area contributed by atoms with Crippen LogP contribution in [0, 0.1) is 0 Å². The number of carbonyl (C=O) groups is 2. The van der Waals surface area contributed by atoms with E-state index in [-0.39, 0.29) is 17.9 Å². The quantitative estimate of drug-likeness (QED) is 0.496. The van der Waals surface area contributed by atoms with Crippen molar-refractivity contribution in [3.63, 3.8) is 0 Å². The molecule has 0 aromatic rings. The van der Waals surface area contributed by atoms with Gasteiger partial charge in [-0.1, -0.05) is 12.2 Å². The van der Waals surface area contributed by atoms with Crippen molar-refractivity contribution >= 4 is 29.0 Å². The molecule has 1 N–H and O–H groups in total. The zero-order valence-electron chi connectivity index (χ0n) is 5.99. The summed E-state index contributed by atoms with van der Waals surface area (Å²) in [7, 11) is 0. The molecule has 0 spiro atoms. The molecule has 62 valence electrons. The molecule has 11 heavy (non-hydrogen) atoms. The zero-order valence-corrected chi connectivity index (χ0v) is 6.81. The smallest absolute Gasteiger partial charge is 0.343 e. The zero-order chi connectivity index (χ0) is 8.85. The Morgan fingerprint density at radius 3 is 2.45 bits per heavy atom. The van der Waals surface area contributed by atoms with Gasteiger partial charge in [0.2, 0.25) is 0 Å². The van der Waals surface area contributed by atoms with Crippen molar-refractivity contribution in [1.82, 2.24) is 0 Å². The van der Waals surface area contributed by atoms with Gasteiger partial charge < -0.3 is 9.84 Å². The topological polar surface area (TPSA) is 63.6 Å². The maximum atomic E-state index is 10.6. The molecule has 0 saturated carbocycles. The molecule has 0 fully saturated rings. The standard InChI is InChI=1S/C6H8O4S/c1-2-10-5(7)3-4(11)6(8)9/h2-3H2,1H3,(H,8,9). The minimum Gasteiger partial charge on any atom is -0.477 e. The maximum Gasteiger partial charge on any atom is 0.343 e. The average Bonchev–Trinajstić information content (AvgIpc) is 1.87. The lowest BCUT2D eigenvalue weighted by molar-refractivity contribution is -0.142. The Morgan fingerprint density at radius 1 is 1.55 bits per heavy atom. The second kappa shape index (κ2) is 4.79. The molecule has 0 aromatic heterocycles. The van der Waals surface area contributed by atoms with Crippen molar-refractivity contribution in [3.05, 3.63) is 0 Å². The van der Waals surface area contributed by atoms with Gasteiger partial charge in [0.05, 0.1) is 13.0 Å². The van der Waals surface area contributed by atoms with Crippen LogP contribution in [0.1, 0.15) is 13.3 Å². The maximum absolute atomic E-state index is 10.6. The molecule has 0 aromatic carbocycles. The van der Waals surface area contributed by atoms with Gasteiger partial charge in [0, 0.05) is 0 Å². The predicted octanol–water partition coefficient (Wildman–Crippen LogP) is 0.394. The predicted molar refractivity (Wildman–Crippen MR) is 41.5 cm³/mol. The molecule has 0 bridgehead atoms. The number of thiocarbonyl (C=S) groups is 1. The fraction of sp³-hybridized carbons (Fsp3) is 0.500. The molecule has 0 aliphatic carbocycles. The second-order valence-corrected chi connectivity index (χ2v) is 2.20. The first kappa shape index (κ1) is 10.0. The Hall–Kier alpha value is -0.970. The lowest BCUT2D eigenvalue weighted by Crippen LogP contribution is -2.16. The Bertz CT molecular complexity index is 187. The molecule has 4 nitrogen and oxygen atoms in total. The normalized spacial score (nSPS) is 8.82. The van der Waals surface area contributed by atoms with E-state index in [1.54, 1.807) is 6.92 Å². The van der Waals surface area contributed by atoms with E-state index < -0.39 is 11.9 Å². The van der Waals surface area contributed by atoms with E-state index in [0.29, 0.717) is 0 Å². The first-order valence-corrected chi connectivity index (χ1v) is 3.40. The Balaban J connectivity index is 3.76. The van der Waals surface area contributed by atoms with Crippen molar-refractivity contribution in [2.45, 2.75) is 13.3 Å². The Kier molecular flexibility index (Phi) is 4.36. The number of carboxylic acid groups (broad SMARTS) is 1. The van der Waals surface area contributed by atoms with Gasteiger partial charge in [0.15, 0.2) is 0 Å². The largest absolute Gasteiger partial charge is 0.477 e. The summed E-state index contributed by atoms with van der Waals surface area (Å²) in [5, 5.41) is 8.25. The SMILES string of the molecule is CCOC(=O)CC(=S)C(=O)O. The van der Waals surface area contributed by atoms with Gasteiger partial charge in [-0.2, -0.15) is 0 Å². The van der Waals surface area contributed by atoms with Gasteiger partial charge in [0.1, 0.15) is 4.86 Å². The van der Waals surface area contributed by atoms with Gasteiger partial charge in [-0.3, -0.25) is 4.79 Å². The molecule has 0 saturated heterocycles. The molecule has 0 aliphatic rings. The van der Waals surface area contributed by atoms with Crippen LogP contribution in [-0.2, 0) is 14.3 Å². The number of rotatable bonds is 4. The van der Waals surface area contributed by atoms with Crippen molar-refractivity contribution in [2.75, 3.05) is 6.61 Å². The third-order valence-corrected chi connectivity index (χ3v) is 1.17. The minimum atomic E-state index is -1.24. The van der Waals surface area contributed by atoms with Crippen LogP contribution in [0.4, 0.5) is 0 Å². The number of hydrogen-bond acceptors (Lipinski definition) is 4.